The minimum absolute atomic E-state index is 0.534. The van der Waals surface area contributed by atoms with Gasteiger partial charge < -0.3 is 5.73 Å². The van der Waals surface area contributed by atoms with Crippen molar-refractivity contribution in [1.29, 1.82) is 0 Å². The van der Waals surface area contributed by atoms with Crippen LogP contribution in [0, 0.1) is 0 Å². The summed E-state index contributed by atoms with van der Waals surface area (Å²) >= 11 is 4.87. The van der Waals surface area contributed by atoms with E-state index in [9.17, 15) is 0 Å². The van der Waals surface area contributed by atoms with Crippen molar-refractivity contribution >= 4 is 46.1 Å². The minimum Gasteiger partial charge on any atom is -0.382 e. The molecule has 15 heavy (non-hydrogen) atoms. The average Bonchev–Trinajstić information content (AvgIpc) is 2.86. The summed E-state index contributed by atoms with van der Waals surface area (Å²) < 4.78 is 1.24. The summed E-state index contributed by atoms with van der Waals surface area (Å²) in [6.07, 6.45) is 2.05. The van der Waals surface area contributed by atoms with Gasteiger partial charge in [-0.05, 0) is 18.4 Å². The van der Waals surface area contributed by atoms with Crippen LogP contribution in [0.15, 0.2) is 32.2 Å². The van der Waals surface area contributed by atoms with Gasteiger partial charge in [-0.25, -0.2) is 9.98 Å². The van der Waals surface area contributed by atoms with Gasteiger partial charge in [-0.1, -0.05) is 0 Å². The Kier molecular flexibility index (Phi) is 3.40. The van der Waals surface area contributed by atoms with Crippen molar-refractivity contribution in [3.05, 3.63) is 27.9 Å². The second-order valence-corrected chi connectivity index (χ2v) is 5.58. The lowest BCUT2D eigenvalue weighted by Gasteiger charge is -1.93. The number of nitrogens with two attached hydrogens (primary N) is 1. The van der Waals surface area contributed by atoms with Crippen LogP contribution in [0.2, 0.25) is 0 Å². The minimum atomic E-state index is 0.534. The molecule has 0 bridgehead atoms. The van der Waals surface area contributed by atoms with Gasteiger partial charge in [-0.15, -0.1) is 34.4 Å². The lowest BCUT2D eigenvalue weighted by Crippen LogP contribution is -2.10. The number of amidine groups is 1. The molecule has 0 saturated carbocycles. The highest BCUT2D eigenvalue weighted by Gasteiger charge is 2.03. The Balaban J connectivity index is 2.23. The van der Waals surface area contributed by atoms with Gasteiger partial charge in [0.15, 0.2) is 5.82 Å². The average molecular weight is 255 g/mol. The van der Waals surface area contributed by atoms with E-state index in [1.165, 1.54) is 15.5 Å². The summed E-state index contributed by atoms with van der Waals surface area (Å²) in [5, 5.41) is 1.87. The molecule has 0 radical (unpaired) electrons. The first-order valence-electron chi connectivity index (χ1n) is 4.16. The van der Waals surface area contributed by atoms with E-state index >= 15 is 0 Å². The Hall–Kier alpha value is -0.850. The van der Waals surface area contributed by atoms with E-state index in [0.717, 1.165) is 4.88 Å². The fraction of sp³-hybridized carbons (Fsp3) is 0.111. The number of thioether (sulfide) groups is 1. The third-order valence-electron chi connectivity index (χ3n) is 1.69. The molecule has 2 heterocycles. The highest BCUT2D eigenvalue weighted by Crippen LogP contribution is 2.25. The molecule has 0 aliphatic rings. The van der Waals surface area contributed by atoms with Crippen molar-refractivity contribution in [2.45, 2.75) is 4.21 Å². The first-order chi connectivity index (χ1) is 7.29. The highest BCUT2D eigenvalue weighted by molar-refractivity contribution is 8.00. The molecule has 0 fully saturated rings. The maximum atomic E-state index is 5.87. The van der Waals surface area contributed by atoms with Crippen molar-refractivity contribution < 1.29 is 0 Å². The van der Waals surface area contributed by atoms with Crippen LogP contribution >= 0.6 is 34.4 Å². The number of rotatable bonds is 3. The second-order valence-electron chi connectivity index (χ2n) is 2.67. The molecule has 0 spiro atoms. The molecular formula is C9H9N3S3. The lowest BCUT2D eigenvalue weighted by molar-refractivity contribution is 1.33. The molecule has 0 aliphatic carbocycles. The zero-order chi connectivity index (χ0) is 10.7. The zero-order valence-corrected chi connectivity index (χ0v) is 10.5. The number of aliphatic imine (C=N–C) groups is 1. The van der Waals surface area contributed by atoms with Crippen LogP contribution in [-0.4, -0.2) is 17.1 Å². The molecule has 0 aliphatic heterocycles. The summed E-state index contributed by atoms with van der Waals surface area (Å²) in [4.78, 5) is 9.28. The Bertz CT molecular complexity index is 459. The molecule has 3 nitrogen and oxygen atoms in total. The molecule has 0 unspecified atom stereocenters. The van der Waals surface area contributed by atoms with Crippen LogP contribution in [0.1, 0.15) is 4.88 Å². The second kappa shape index (κ2) is 4.78. The van der Waals surface area contributed by atoms with Crippen molar-refractivity contribution in [1.82, 2.24) is 4.98 Å². The summed E-state index contributed by atoms with van der Waals surface area (Å²) in [6, 6.07) is 4.04. The summed E-state index contributed by atoms with van der Waals surface area (Å²) in [5.74, 6) is 1.21. The Morgan fingerprint density at radius 1 is 1.53 bits per heavy atom. The van der Waals surface area contributed by atoms with Crippen LogP contribution in [0.5, 0.6) is 0 Å². The number of aromatic nitrogens is 1. The van der Waals surface area contributed by atoms with Crippen molar-refractivity contribution in [2.24, 2.45) is 10.7 Å². The quantitative estimate of drug-likeness (QED) is 0.521. The first-order valence-corrected chi connectivity index (χ1v) is 7.14. The Labute approximate surface area is 100 Å². The van der Waals surface area contributed by atoms with Gasteiger partial charge in [-0.2, -0.15) is 0 Å². The van der Waals surface area contributed by atoms with Crippen LogP contribution in [0.25, 0.3) is 0 Å². The molecule has 2 rings (SSSR count). The smallest absolute Gasteiger partial charge is 0.165 e. The van der Waals surface area contributed by atoms with Crippen LogP contribution in [0.4, 0.5) is 5.82 Å². The predicted octanol–water partition coefficient (Wildman–Crippen LogP) is 2.96. The molecule has 6 heteroatoms. The van der Waals surface area contributed by atoms with Gasteiger partial charge in [0.2, 0.25) is 0 Å². The Morgan fingerprint density at radius 2 is 2.40 bits per heavy atom. The SMILES string of the molecule is CSc1ccc(C(N)=Nc2cscn2)s1. The van der Waals surface area contributed by atoms with Crippen molar-refractivity contribution in [2.75, 3.05) is 6.26 Å². The van der Waals surface area contributed by atoms with E-state index in [1.54, 1.807) is 28.6 Å². The van der Waals surface area contributed by atoms with Gasteiger partial charge in [0.1, 0.15) is 5.84 Å². The molecule has 78 valence electrons. The Morgan fingerprint density at radius 3 is 3.00 bits per heavy atom. The zero-order valence-electron chi connectivity index (χ0n) is 8.01. The van der Waals surface area contributed by atoms with Gasteiger partial charge in [0.05, 0.1) is 14.6 Å². The monoisotopic (exact) mass is 255 g/mol. The standard InChI is InChI=1S/C9H9N3S3/c1-13-8-3-2-6(15-8)9(10)12-7-4-14-5-11-7/h2-5H,1H3,(H2,10,12). The normalized spacial score (nSPS) is 11.9. The fourth-order valence-electron chi connectivity index (χ4n) is 1.01. The third-order valence-corrected chi connectivity index (χ3v) is 4.45. The van der Waals surface area contributed by atoms with Gasteiger partial charge in [0.25, 0.3) is 0 Å². The van der Waals surface area contributed by atoms with Crippen LogP contribution in [0.3, 0.4) is 0 Å². The lowest BCUT2D eigenvalue weighted by atomic mass is 10.4. The number of nitrogens with zero attached hydrogens (tertiary/aromatic N) is 2. The number of hydrogen-bond donors (Lipinski definition) is 1. The highest BCUT2D eigenvalue weighted by atomic mass is 32.2. The number of hydrogen-bond acceptors (Lipinski definition) is 5. The van der Waals surface area contributed by atoms with Crippen molar-refractivity contribution in [3.63, 3.8) is 0 Å². The topological polar surface area (TPSA) is 51.3 Å². The van der Waals surface area contributed by atoms with Crippen LogP contribution in [-0.2, 0) is 0 Å². The van der Waals surface area contributed by atoms with E-state index in [-0.39, 0.29) is 0 Å². The van der Waals surface area contributed by atoms with Crippen molar-refractivity contribution in [3.8, 4) is 0 Å². The number of thiazole rings is 1. The molecule has 0 saturated heterocycles. The van der Waals surface area contributed by atoms with Gasteiger partial charge in [0, 0.05) is 5.38 Å². The number of thiophene rings is 1. The van der Waals surface area contributed by atoms with E-state index < -0.39 is 0 Å². The molecule has 2 N–H and O–H groups in total. The largest absolute Gasteiger partial charge is 0.382 e. The summed E-state index contributed by atoms with van der Waals surface area (Å²) in [5.41, 5.74) is 7.61. The molecule has 0 atom stereocenters. The van der Waals surface area contributed by atoms with E-state index in [4.69, 9.17) is 5.73 Å². The van der Waals surface area contributed by atoms with E-state index in [0.29, 0.717) is 11.7 Å². The fourth-order valence-corrected chi connectivity index (χ4v) is 2.92. The molecule has 2 aromatic heterocycles. The van der Waals surface area contributed by atoms with Crippen LogP contribution < -0.4 is 5.73 Å². The van der Waals surface area contributed by atoms with Gasteiger partial charge in [-0.3, -0.25) is 0 Å². The summed E-state index contributed by atoms with van der Waals surface area (Å²) in [6.45, 7) is 0. The third kappa shape index (κ3) is 2.58. The first kappa shape index (κ1) is 10.7. The molecule has 2 aromatic rings. The maximum absolute atomic E-state index is 5.87. The van der Waals surface area contributed by atoms with E-state index in [2.05, 4.69) is 9.98 Å². The van der Waals surface area contributed by atoms with Gasteiger partial charge >= 0.3 is 0 Å². The predicted molar refractivity (Wildman–Crippen MR) is 68.6 cm³/mol. The molecular weight excluding hydrogens is 246 g/mol. The molecule has 0 amide bonds. The van der Waals surface area contributed by atoms with E-state index in [1.807, 2.05) is 23.8 Å². The molecule has 0 aromatic carbocycles. The summed E-state index contributed by atoms with van der Waals surface area (Å²) in [7, 11) is 0. The maximum Gasteiger partial charge on any atom is 0.165 e.